The second-order valence-electron chi connectivity index (χ2n) is 10.6. The Morgan fingerprint density at radius 3 is 1.71 bits per heavy atom. The molecule has 52 heavy (non-hydrogen) atoms. The standard InChI is InChI=1S/C35H24N6O8S.2Na/c42-30-17-15-24(19-27(30)35(45)46)38-36-22-11-7-20(8-12-22)21-9-13-23(14-10-21)37-41-33-31(43)18-16-29(34(33)44)40-39-28-5-1-4-26-25(28)3-2-6-32(26)50(47,48)49;;/h1-19,42-44H,(H,45,46)(H,47,48,49);;/q;2*+1/p-2. The fourth-order valence-electron chi connectivity index (χ4n) is 4.82. The minimum Gasteiger partial charge on any atom is -0.872 e. The van der Waals surface area contributed by atoms with Crippen LogP contribution in [0, 0.1) is 0 Å². The number of nitrogens with zero attached hydrogens (tertiary/aromatic N) is 6. The average molecular weight is 733 g/mol. The van der Waals surface area contributed by atoms with Crippen molar-refractivity contribution in [1.82, 2.24) is 0 Å². The number of hydrogen-bond acceptors (Lipinski definition) is 12. The van der Waals surface area contributed by atoms with Crippen molar-refractivity contribution in [3.05, 3.63) is 121 Å². The number of carboxylic acid groups (broad SMARTS) is 1. The summed E-state index contributed by atoms with van der Waals surface area (Å²) < 4.78 is 33.1. The summed E-state index contributed by atoms with van der Waals surface area (Å²) in [5.74, 6) is -3.11. The Morgan fingerprint density at radius 2 is 1.10 bits per heavy atom. The van der Waals surface area contributed by atoms with Gasteiger partial charge in [0.2, 0.25) is 0 Å². The Labute approximate surface area is 340 Å². The van der Waals surface area contributed by atoms with Crippen molar-refractivity contribution in [2.24, 2.45) is 30.7 Å². The predicted octanol–water partition coefficient (Wildman–Crippen LogP) is 2.56. The molecular formula is C35H22N6Na2O8S. The van der Waals surface area contributed by atoms with Crippen LogP contribution in [0.15, 0.2) is 151 Å². The largest absolute Gasteiger partial charge is 1.00 e. The van der Waals surface area contributed by atoms with E-state index in [0.717, 1.165) is 29.3 Å². The minimum atomic E-state index is -4.49. The van der Waals surface area contributed by atoms with Gasteiger partial charge in [-0.05, 0) is 65.7 Å². The van der Waals surface area contributed by atoms with Crippen LogP contribution in [0.1, 0.15) is 10.4 Å². The summed E-state index contributed by atoms with van der Waals surface area (Å²) >= 11 is 0. The van der Waals surface area contributed by atoms with Crippen LogP contribution in [0.3, 0.4) is 0 Å². The van der Waals surface area contributed by atoms with Crippen molar-refractivity contribution in [2.45, 2.75) is 4.90 Å². The van der Waals surface area contributed by atoms with E-state index in [1.807, 2.05) is 12.1 Å². The van der Waals surface area contributed by atoms with Crippen LogP contribution in [-0.2, 0) is 10.1 Å². The number of carbonyl (C=O) groups is 1. The first-order chi connectivity index (χ1) is 24.0. The molecule has 0 saturated heterocycles. The zero-order chi connectivity index (χ0) is 35.4. The third-order valence-corrected chi connectivity index (χ3v) is 8.22. The maximum absolute atomic E-state index is 12.5. The number of aromatic carboxylic acids is 1. The number of hydrogen-bond donors (Lipinski definition) is 3. The number of carboxylic acids is 1. The van der Waals surface area contributed by atoms with Gasteiger partial charge in [0.05, 0.1) is 28.3 Å². The molecule has 17 heteroatoms. The zero-order valence-electron chi connectivity index (χ0n) is 27.4. The van der Waals surface area contributed by atoms with Crippen molar-refractivity contribution >= 4 is 61.0 Å². The van der Waals surface area contributed by atoms with Gasteiger partial charge in [-0.1, -0.05) is 72.2 Å². The molecule has 6 aromatic carbocycles. The van der Waals surface area contributed by atoms with Crippen molar-refractivity contribution in [3.8, 4) is 28.4 Å². The second-order valence-corrected chi connectivity index (χ2v) is 12.0. The van der Waals surface area contributed by atoms with E-state index in [1.165, 1.54) is 30.3 Å². The molecule has 0 saturated carbocycles. The van der Waals surface area contributed by atoms with E-state index in [0.29, 0.717) is 16.8 Å². The quantitative estimate of drug-likeness (QED) is 0.113. The third-order valence-electron chi connectivity index (χ3n) is 7.30. The van der Waals surface area contributed by atoms with Gasteiger partial charge in [-0.25, -0.2) is 4.79 Å². The van der Waals surface area contributed by atoms with Gasteiger partial charge in [0.15, 0.2) is 5.75 Å². The van der Waals surface area contributed by atoms with Crippen LogP contribution in [0.25, 0.3) is 21.9 Å². The summed E-state index contributed by atoms with van der Waals surface area (Å²) in [6.45, 7) is 0. The number of azo groups is 3. The number of aromatic hydroxyl groups is 1. The second kappa shape index (κ2) is 17.1. The van der Waals surface area contributed by atoms with E-state index in [2.05, 4.69) is 30.7 Å². The molecule has 14 nitrogen and oxygen atoms in total. The van der Waals surface area contributed by atoms with E-state index >= 15 is 0 Å². The molecule has 0 atom stereocenters. The fourth-order valence-corrected chi connectivity index (χ4v) is 5.53. The maximum Gasteiger partial charge on any atom is 1.00 e. The number of phenols is 1. The van der Waals surface area contributed by atoms with Gasteiger partial charge in [0.25, 0.3) is 10.1 Å². The molecule has 0 unspecified atom stereocenters. The molecule has 0 aliphatic rings. The Kier molecular flexibility index (Phi) is 13.1. The predicted molar refractivity (Wildman–Crippen MR) is 179 cm³/mol. The Balaban J connectivity index is 0.00000302. The summed E-state index contributed by atoms with van der Waals surface area (Å²) in [6, 6.07) is 29.0. The third kappa shape index (κ3) is 9.14. The Bertz CT molecular complexity index is 2480. The van der Waals surface area contributed by atoms with Gasteiger partial charge in [0, 0.05) is 10.8 Å². The summed E-state index contributed by atoms with van der Waals surface area (Å²) in [5.41, 5.74) is 2.22. The number of rotatable bonds is 9. The Morgan fingerprint density at radius 1 is 0.577 bits per heavy atom. The number of fused-ring (bicyclic) bond motifs is 1. The number of phenolic OH excluding ortho intramolecular Hbond substituents is 1. The summed E-state index contributed by atoms with van der Waals surface area (Å²) in [4.78, 5) is 10.9. The van der Waals surface area contributed by atoms with E-state index < -0.39 is 33.3 Å². The van der Waals surface area contributed by atoms with Gasteiger partial charge < -0.3 is 20.4 Å². The monoisotopic (exact) mass is 732 g/mol. The molecule has 0 aliphatic heterocycles. The molecule has 0 bridgehead atoms. The molecule has 0 heterocycles. The molecule has 0 amide bonds. The molecule has 6 rings (SSSR count). The summed E-state index contributed by atoms with van der Waals surface area (Å²) in [6.07, 6.45) is 0. The van der Waals surface area contributed by atoms with Gasteiger partial charge >= 0.3 is 65.1 Å². The van der Waals surface area contributed by atoms with Crippen molar-refractivity contribution in [1.29, 1.82) is 0 Å². The van der Waals surface area contributed by atoms with Crippen molar-refractivity contribution in [3.63, 3.8) is 0 Å². The van der Waals surface area contributed by atoms with Crippen molar-refractivity contribution < 1.29 is 97.3 Å². The normalized spacial score (nSPS) is 11.6. The van der Waals surface area contributed by atoms with Crippen LogP contribution in [0.4, 0.5) is 34.1 Å². The van der Waals surface area contributed by atoms with E-state index in [9.17, 15) is 33.1 Å². The van der Waals surface area contributed by atoms with Gasteiger partial charge in [0.1, 0.15) is 16.3 Å². The van der Waals surface area contributed by atoms with Gasteiger partial charge in [-0.3, -0.25) is 4.55 Å². The Hall–Kier alpha value is -4.84. The molecule has 3 N–H and O–H groups in total. The van der Waals surface area contributed by atoms with Gasteiger partial charge in [-0.15, -0.1) is 15.3 Å². The van der Waals surface area contributed by atoms with E-state index in [1.54, 1.807) is 54.6 Å². The minimum absolute atomic E-state index is 0. The number of benzene rings is 6. The average Bonchev–Trinajstić information content (AvgIpc) is 3.10. The first kappa shape index (κ1) is 39.9. The molecule has 0 spiro atoms. The van der Waals surface area contributed by atoms with Crippen molar-refractivity contribution in [2.75, 3.05) is 0 Å². The zero-order valence-corrected chi connectivity index (χ0v) is 32.3. The summed E-state index contributed by atoms with van der Waals surface area (Å²) in [5, 5.41) is 69.0. The molecule has 0 fully saturated rings. The maximum atomic E-state index is 12.5. The molecule has 6 aromatic rings. The molecule has 248 valence electrons. The van der Waals surface area contributed by atoms with Crippen LogP contribution >= 0.6 is 0 Å². The van der Waals surface area contributed by atoms with Crippen LogP contribution in [0.5, 0.6) is 17.2 Å². The first-order valence-electron chi connectivity index (χ1n) is 14.5. The molecule has 0 radical (unpaired) electrons. The topological polar surface area (TPSA) is 232 Å². The molecule has 0 aliphatic carbocycles. The summed E-state index contributed by atoms with van der Waals surface area (Å²) in [7, 11) is -4.49. The molecular weight excluding hydrogens is 710 g/mol. The smallest absolute Gasteiger partial charge is 0.872 e. The SMILES string of the molecule is O=C(O)c1cc(N=Nc2ccc(-c3ccc(N=Nc4c([O-])ccc(N=Nc5cccc6c(S(=O)(=O)O)cccc56)c4O)cc3)cc2)ccc1[O-].[Na+].[Na+]. The fraction of sp³-hybridized carbons (Fsp3) is 0. The van der Waals surface area contributed by atoms with Crippen LogP contribution in [-0.4, -0.2) is 29.2 Å². The van der Waals surface area contributed by atoms with E-state index in [-0.39, 0.29) is 97.7 Å². The molecule has 0 aromatic heterocycles. The van der Waals surface area contributed by atoms with E-state index in [4.69, 9.17) is 5.11 Å². The first-order valence-corrected chi connectivity index (χ1v) is 15.9. The van der Waals surface area contributed by atoms with Crippen LogP contribution in [0.2, 0.25) is 0 Å². The van der Waals surface area contributed by atoms with Crippen LogP contribution < -0.4 is 69.3 Å². The van der Waals surface area contributed by atoms with Gasteiger partial charge in [-0.2, -0.15) is 23.8 Å².